The van der Waals surface area contributed by atoms with E-state index in [0.29, 0.717) is 13.2 Å². The van der Waals surface area contributed by atoms with Gasteiger partial charge in [-0.3, -0.25) is 0 Å². The molecule has 3 heteroatoms. The highest BCUT2D eigenvalue weighted by Gasteiger charge is 2.13. The van der Waals surface area contributed by atoms with Crippen molar-refractivity contribution in [1.29, 1.82) is 0 Å². The van der Waals surface area contributed by atoms with E-state index in [1.54, 1.807) is 12.3 Å². The van der Waals surface area contributed by atoms with Gasteiger partial charge in [0.05, 0.1) is 12.9 Å². The van der Waals surface area contributed by atoms with Gasteiger partial charge in [0.15, 0.2) is 0 Å². The third-order valence-corrected chi connectivity index (χ3v) is 2.08. The summed E-state index contributed by atoms with van der Waals surface area (Å²) in [6, 6.07) is 1.80. The van der Waals surface area contributed by atoms with E-state index in [1.807, 2.05) is 13.8 Å². The van der Waals surface area contributed by atoms with Crippen LogP contribution < -0.4 is 0 Å². The lowest BCUT2D eigenvalue weighted by atomic mass is 10.1. The standard InChI is InChI=1S/C11H18O3/c1-3-6-13-8-10(12)9-5-7-14-11(9)4-2/h5,7,10,12H,3-4,6,8H2,1-2H3. The molecule has 1 unspecified atom stereocenters. The number of furan rings is 1. The first-order chi connectivity index (χ1) is 6.79. The summed E-state index contributed by atoms with van der Waals surface area (Å²) >= 11 is 0. The van der Waals surface area contributed by atoms with Gasteiger partial charge in [-0.2, -0.15) is 0 Å². The Morgan fingerprint density at radius 2 is 2.29 bits per heavy atom. The van der Waals surface area contributed by atoms with Crippen LogP contribution in [0.15, 0.2) is 16.7 Å². The maximum absolute atomic E-state index is 9.76. The van der Waals surface area contributed by atoms with Gasteiger partial charge in [-0.1, -0.05) is 13.8 Å². The molecule has 1 heterocycles. The molecule has 1 N–H and O–H groups in total. The molecule has 0 bridgehead atoms. The number of ether oxygens (including phenoxy) is 1. The van der Waals surface area contributed by atoms with Gasteiger partial charge in [-0.05, 0) is 12.5 Å². The van der Waals surface area contributed by atoms with Crippen molar-refractivity contribution in [3.8, 4) is 0 Å². The molecule has 1 aromatic heterocycles. The highest BCUT2D eigenvalue weighted by atomic mass is 16.5. The zero-order valence-corrected chi connectivity index (χ0v) is 8.82. The van der Waals surface area contributed by atoms with Crippen molar-refractivity contribution in [2.24, 2.45) is 0 Å². The van der Waals surface area contributed by atoms with Crippen molar-refractivity contribution in [2.45, 2.75) is 32.8 Å². The van der Waals surface area contributed by atoms with Crippen molar-refractivity contribution < 1.29 is 14.3 Å². The summed E-state index contributed by atoms with van der Waals surface area (Å²) in [5.74, 6) is 0.845. The van der Waals surface area contributed by atoms with Crippen LogP contribution in [0.4, 0.5) is 0 Å². The van der Waals surface area contributed by atoms with Crippen LogP contribution in [0.1, 0.15) is 37.7 Å². The van der Waals surface area contributed by atoms with E-state index in [2.05, 4.69) is 0 Å². The first-order valence-electron chi connectivity index (χ1n) is 5.11. The second-order valence-corrected chi connectivity index (χ2v) is 3.24. The van der Waals surface area contributed by atoms with Crippen LogP contribution in [0.25, 0.3) is 0 Å². The Kier molecular flexibility index (Phi) is 4.70. The van der Waals surface area contributed by atoms with Crippen LogP contribution in [-0.2, 0) is 11.2 Å². The van der Waals surface area contributed by atoms with E-state index in [0.717, 1.165) is 24.2 Å². The summed E-state index contributed by atoms with van der Waals surface area (Å²) in [7, 11) is 0. The number of hydrogen-bond donors (Lipinski definition) is 1. The Balaban J connectivity index is 2.47. The normalized spacial score (nSPS) is 13.1. The lowest BCUT2D eigenvalue weighted by Gasteiger charge is -2.10. The van der Waals surface area contributed by atoms with Crippen molar-refractivity contribution in [1.82, 2.24) is 0 Å². The summed E-state index contributed by atoms with van der Waals surface area (Å²) in [6.07, 6.45) is 2.82. The van der Waals surface area contributed by atoms with Gasteiger partial charge in [0.25, 0.3) is 0 Å². The molecule has 1 atom stereocenters. The molecule has 1 aromatic rings. The van der Waals surface area contributed by atoms with Crippen LogP contribution in [0, 0.1) is 0 Å². The third-order valence-electron chi connectivity index (χ3n) is 2.08. The highest BCUT2D eigenvalue weighted by molar-refractivity contribution is 5.19. The molecule has 14 heavy (non-hydrogen) atoms. The van der Waals surface area contributed by atoms with Crippen LogP contribution >= 0.6 is 0 Å². The number of aliphatic hydroxyl groups is 1. The predicted octanol–water partition coefficient (Wildman–Crippen LogP) is 2.30. The third kappa shape index (κ3) is 2.86. The molecule has 0 saturated heterocycles. The Labute approximate surface area is 84.7 Å². The fourth-order valence-corrected chi connectivity index (χ4v) is 1.36. The van der Waals surface area contributed by atoms with Crippen LogP contribution in [0.2, 0.25) is 0 Å². The lowest BCUT2D eigenvalue weighted by Crippen LogP contribution is -2.08. The van der Waals surface area contributed by atoms with Crippen molar-refractivity contribution in [3.63, 3.8) is 0 Å². The number of aryl methyl sites for hydroxylation is 1. The molecule has 0 aliphatic heterocycles. The molecular weight excluding hydrogens is 180 g/mol. The largest absolute Gasteiger partial charge is 0.469 e. The van der Waals surface area contributed by atoms with Crippen molar-refractivity contribution in [3.05, 3.63) is 23.7 Å². The van der Waals surface area contributed by atoms with Gasteiger partial charge in [-0.15, -0.1) is 0 Å². The van der Waals surface area contributed by atoms with Gasteiger partial charge < -0.3 is 14.3 Å². The minimum atomic E-state index is -0.560. The van der Waals surface area contributed by atoms with E-state index < -0.39 is 6.10 Å². The minimum absolute atomic E-state index is 0.348. The molecule has 0 saturated carbocycles. The molecule has 0 aliphatic carbocycles. The van der Waals surface area contributed by atoms with Gasteiger partial charge in [-0.25, -0.2) is 0 Å². The van der Waals surface area contributed by atoms with Crippen LogP contribution in [0.3, 0.4) is 0 Å². The van der Waals surface area contributed by atoms with E-state index >= 15 is 0 Å². The minimum Gasteiger partial charge on any atom is -0.469 e. The molecule has 0 aromatic carbocycles. The Bertz CT molecular complexity index is 255. The van der Waals surface area contributed by atoms with E-state index in [4.69, 9.17) is 9.15 Å². The van der Waals surface area contributed by atoms with E-state index in [-0.39, 0.29) is 0 Å². The smallest absolute Gasteiger partial charge is 0.109 e. The second kappa shape index (κ2) is 5.83. The zero-order valence-electron chi connectivity index (χ0n) is 8.82. The lowest BCUT2D eigenvalue weighted by molar-refractivity contribution is 0.0355. The van der Waals surface area contributed by atoms with Crippen molar-refractivity contribution >= 4 is 0 Å². The van der Waals surface area contributed by atoms with Gasteiger partial charge in [0.2, 0.25) is 0 Å². The molecule has 1 rings (SSSR count). The number of rotatable bonds is 6. The highest BCUT2D eigenvalue weighted by Crippen LogP contribution is 2.20. The monoisotopic (exact) mass is 198 g/mol. The summed E-state index contributed by atoms with van der Waals surface area (Å²) in [6.45, 7) is 5.08. The summed E-state index contributed by atoms with van der Waals surface area (Å²) in [5.41, 5.74) is 0.851. The molecule has 0 fully saturated rings. The molecule has 0 aliphatic rings. The molecule has 80 valence electrons. The summed E-state index contributed by atoms with van der Waals surface area (Å²) in [4.78, 5) is 0. The maximum Gasteiger partial charge on any atom is 0.109 e. The van der Waals surface area contributed by atoms with Crippen LogP contribution in [-0.4, -0.2) is 18.3 Å². The zero-order chi connectivity index (χ0) is 10.4. The molecule has 0 spiro atoms. The summed E-state index contributed by atoms with van der Waals surface area (Å²) < 4.78 is 10.5. The second-order valence-electron chi connectivity index (χ2n) is 3.24. The maximum atomic E-state index is 9.76. The SMILES string of the molecule is CCCOCC(O)c1ccoc1CC. The van der Waals surface area contributed by atoms with E-state index in [1.165, 1.54) is 0 Å². The molecular formula is C11H18O3. The average molecular weight is 198 g/mol. The number of hydrogen-bond acceptors (Lipinski definition) is 3. The fraction of sp³-hybridized carbons (Fsp3) is 0.636. The predicted molar refractivity (Wildman–Crippen MR) is 54.2 cm³/mol. The molecule has 3 nitrogen and oxygen atoms in total. The Morgan fingerprint density at radius 3 is 2.93 bits per heavy atom. The number of aliphatic hydroxyl groups excluding tert-OH is 1. The topological polar surface area (TPSA) is 42.6 Å². The average Bonchev–Trinajstić information content (AvgIpc) is 2.65. The van der Waals surface area contributed by atoms with Gasteiger partial charge in [0, 0.05) is 18.6 Å². The molecule has 0 amide bonds. The van der Waals surface area contributed by atoms with Gasteiger partial charge in [0.1, 0.15) is 11.9 Å². The first-order valence-corrected chi connectivity index (χ1v) is 5.11. The molecule has 0 radical (unpaired) electrons. The van der Waals surface area contributed by atoms with E-state index in [9.17, 15) is 5.11 Å². The Morgan fingerprint density at radius 1 is 1.50 bits per heavy atom. The van der Waals surface area contributed by atoms with Gasteiger partial charge >= 0.3 is 0 Å². The quantitative estimate of drug-likeness (QED) is 0.713. The fourth-order valence-electron chi connectivity index (χ4n) is 1.36. The van der Waals surface area contributed by atoms with Crippen LogP contribution in [0.5, 0.6) is 0 Å². The summed E-state index contributed by atoms with van der Waals surface area (Å²) in [5, 5.41) is 9.76. The first kappa shape index (κ1) is 11.3. The Hall–Kier alpha value is -0.800. The van der Waals surface area contributed by atoms with Crippen molar-refractivity contribution in [2.75, 3.05) is 13.2 Å².